The van der Waals surface area contributed by atoms with Crippen LogP contribution >= 0.6 is 0 Å². The van der Waals surface area contributed by atoms with Crippen molar-refractivity contribution in [1.82, 2.24) is 24.5 Å². The van der Waals surface area contributed by atoms with Gasteiger partial charge in [-0.25, -0.2) is 19.3 Å². The Kier molecular flexibility index (Phi) is 2.98. The van der Waals surface area contributed by atoms with E-state index < -0.39 is 0 Å². The fraction of sp³-hybridized carbons (Fsp3) is 0.583. The van der Waals surface area contributed by atoms with Gasteiger partial charge in [0.05, 0.1) is 0 Å². The number of aromatic nitrogens is 4. The number of rotatable bonds is 2. The minimum atomic E-state index is -0.262. The predicted octanol–water partition coefficient (Wildman–Crippen LogP) is 0.170. The number of nitrogens with zero attached hydrogens (tertiary/aromatic N) is 4. The van der Waals surface area contributed by atoms with Crippen LogP contribution < -0.4 is 11.0 Å². The van der Waals surface area contributed by atoms with Crippen LogP contribution in [0.25, 0.3) is 5.65 Å². The van der Waals surface area contributed by atoms with E-state index in [1.807, 2.05) is 0 Å². The average molecular weight is 262 g/mol. The molecule has 0 spiro atoms. The summed E-state index contributed by atoms with van der Waals surface area (Å²) in [6.07, 6.45) is 2.60. The first-order chi connectivity index (χ1) is 9.13. The molecule has 2 atom stereocenters. The van der Waals surface area contributed by atoms with E-state index in [1.165, 1.54) is 10.7 Å². The van der Waals surface area contributed by atoms with Crippen molar-refractivity contribution < 1.29 is 0 Å². The molecule has 7 heteroatoms. The highest BCUT2D eigenvalue weighted by molar-refractivity contribution is 5.48. The molecule has 102 valence electrons. The summed E-state index contributed by atoms with van der Waals surface area (Å²) < 4.78 is 1.39. The van der Waals surface area contributed by atoms with Crippen molar-refractivity contribution in [2.75, 3.05) is 25.5 Å². The molecule has 2 aromatic rings. The number of hydrogen-bond acceptors (Lipinski definition) is 5. The van der Waals surface area contributed by atoms with E-state index >= 15 is 0 Å². The van der Waals surface area contributed by atoms with Crippen LogP contribution in [0.5, 0.6) is 0 Å². The summed E-state index contributed by atoms with van der Waals surface area (Å²) in [7, 11) is 2.15. The Hall–Kier alpha value is -1.89. The maximum absolute atomic E-state index is 11.3. The number of aromatic amines is 1. The van der Waals surface area contributed by atoms with Crippen LogP contribution in [0.1, 0.15) is 13.3 Å². The Morgan fingerprint density at radius 1 is 1.53 bits per heavy atom. The van der Waals surface area contributed by atoms with E-state index in [-0.39, 0.29) is 5.69 Å². The number of hydrogen-bond donors (Lipinski definition) is 2. The molecule has 1 aliphatic rings. The largest absolute Gasteiger partial charge is 0.367 e. The summed E-state index contributed by atoms with van der Waals surface area (Å²) in [5, 5.41) is 9.79. The van der Waals surface area contributed by atoms with Gasteiger partial charge in [-0.1, -0.05) is 6.92 Å². The molecule has 0 bridgehead atoms. The van der Waals surface area contributed by atoms with Gasteiger partial charge in [0, 0.05) is 18.7 Å². The van der Waals surface area contributed by atoms with E-state index in [2.05, 4.69) is 39.4 Å². The lowest BCUT2D eigenvalue weighted by Crippen LogP contribution is -2.43. The molecule has 1 aliphatic heterocycles. The van der Waals surface area contributed by atoms with Crippen molar-refractivity contribution >= 4 is 11.5 Å². The van der Waals surface area contributed by atoms with Crippen molar-refractivity contribution in [3.63, 3.8) is 0 Å². The van der Waals surface area contributed by atoms with Crippen LogP contribution in [-0.2, 0) is 0 Å². The zero-order valence-corrected chi connectivity index (χ0v) is 11.1. The Morgan fingerprint density at radius 2 is 2.37 bits per heavy atom. The molecule has 0 aromatic carbocycles. The van der Waals surface area contributed by atoms with Gasteiger partial charge in [0.1, 0.15) is 12.1 Å². The molecule has 2 unspecified atom stereocenters. The van der Waals surface area contributed by atoms with Gasteiger partial charge in [-0.3, -0.25) is 0 Å². The smallest absolute Gasteiger partial charge is 0.348 e. The molecule has 7 nitrogen and oxygen atoms in total. The Bertz CT molecular complexity index is 632. The molecule has 3 rings (SSSR count). The van der Waals surface area contributed by atoms with Crippen LogP contribution in [0, 0.1) is 5.92 Å². The number of fused-ring (bicyclic) bond motifs is 1. The van der Waals surface area contributed by atoms with Gasteiger partial charge in [0.2, 0.25) is 0 Å². The lowest BCUT2D eigenvalue weighted by Gasteiger charge is -2.35. The van der Waals surface area contributed by atoms with E-state index in [0.717, 1.165) is 25.3 Å². The maximum atomic E-state index is 11.3. The third-order valence-electron chi connectivity index (χ3n) is 3.75. The molecule has 0 saturated carbocycles. The van der Waals surface area contributed by atoms with Gasteiger partial charge < -0.3 is 10.2 Å². The Morgan fingerprint density at radius 3 is 3.16 bits per heavy atom. The molecular formula is C12H18N6O. The lowest BCUT2D eigenvalue weighted by molar-refractivity contribution is 0.206. The van der Waals surface area contributed by atoms with Gasteiger partial charge in [0.15, 0.2) is 5.65 Å². The number of likely N-dealkylation sites (tertiary alicyclic amines) is 1. The molecular weight excluding hydrogens is 244 g/mol. The first kappa shape index (κ1) is 12.2. The van der Waals surface area contributed by atoms with Crippen molar-refractivity contribution in [3.05, 3.63) is 22.9 Å². The fourth-order valence-electron chi connectivity index (χ4n) is 2.65. The highest BCUT2D eigenvalue weighted by Crippen LogP contribution is 2.19. The number of H-pyrrole nitrogens is 1. The highest BCUT2D eigenvalue weighted by Gasteiger charge is 2.24. The SMILES string of the molecule is CC1CN(C)CCC1Nc1cc2n[nH]c(=O)n2cn1. The molecule has 0 amide bonds. The third kappa shape index (κ3) is 2.33. The number of piperidine rings is 1. The minimum Gasteiger partial charge on any atom is -0.367 e. The van der Waals surface area contributed by atoms with E-state index in [4.69, 9.17) is 0 Å². The summed E-state index contributed by atoms with van der Waals surface area (Å²) >= 11 is 0. The average Bonchev–Trinajstić information content (AvgIpc) is 2.74. The van der Waals surface area contributed by atoms with Gasteiger partial charge in [0.25, 0.3) is 0 Å². The Balaban J connectivity index is 1.79. The molecule has 1 fully saturated rings. The summed E-state index contributed by atoms with van der Waals surface area (Å²) in [5.41, 5.74) is 0.324. The van der Waals surface area contributed by atoms with E-state index in [0.29, 0.717) is 17.6 Å². The zero-order chi connectivity index (χ0) is 13.4. The van der Waals surface area contributed by atoms with Gasteiger partial charge >= 0.3 is 5.69 Å². The van der Waals surface area contributed by atoms with E-state index in [1.54, 1.807) is 6.07 Å². The van der Waals surface area contributed by atoms with Crippen molar-refractivity contribution in [2.45, 2.75) is 19.4 Å². The normalized spacial score (nSPS) is 24.7. The van der Waals surface area contributed by atoms with Crippen LogP contribution in [0.15, 0.2) is 17.2 Å². The summed E-state index contributed by atoms with van der Waals surface area (Å²) in [6, 6.07) is 2.21. The number of nitrogens with one attached hydrogen (secondary N) is 2. The molecule has 0 aliphatic carbocycles. The van der Waals surface area contributed by atoms with Crippen LogP contribution in [0.4, 0.5) is 5.82 Å². The van der Waals surface area contributed by atoms with Gasteiger partial charge in [-0.2, -0.15) is 5.10 Å². The standard InChI is InChI=1S/C12H18N6O/c1-8-6-17(2)4-3-9(8)14-10-5-11-15-16-12(19)18(11)7-13-10/h5,7-9,14H,3-4,6H2,1-2H3,(H,16,19). The predicted molar refractivity (Wildman–Crippen MR) is 72.3 cm³/mol. The van der Waals surface area contributed by atoms with Crippen LogP contribution in [0.2, 0.25) is 0 Å². The Labute approximate surface area is 110 Å². The first-order valence-electron chi connectivity index (χ1n) is 6.51. The van der Waals surface area contributed by atoms with Crippen LogP contribution in [0.3, 0.4) is 0 Å². The maximum Gasteiger partial charge on any atom is 0.348 e. The summed E-state index contributed by atoms with van der Waals surface area (Å²) in [6.45, 7) is 4.42. The second kappa shape index (κ2) is 4.65. The molecule has 3 heterocycles. The van der Waals surface area contributed by atoms with Crippen molar-refractivity contribution in [3.8, 4) is 0 Å². The van der Waals surface area contributed by atoms with E-state index in [9.17, 15) is 4.79 Å². The minimum absolute atomic E-state index is 0.262. The molecule has 2 N–H and O–H groups in total. The van der Waals surface area contributed by atoms with Gasteiger partial charge in [-0.05, 0) is 25.9 Å². The molecule has 2 aromatic heterocycles. The molecule has 1 saturated heterocycles. The lowest BCUT2D eigenvalue weighted by atomic mass is 9.94. The second-order valence-corrected chi connectivity index (χ2v) is 5.31. The van der Waals surface area contributed by atoms with Crippen LogP contribution in [-0.4, -0.2) is 50.7 Å². The topological polar surface area (TPSA) is 78.3 Å². The fourth-order valence-corrected chi connectivity index (χ4v) is 2.65. The summed E-state index contributed by atoms with van der Waals surface area (Å²) in [4.78, 5) is 18.0. The van der Waals surface area contributed by atoms with Gasteiger partial charge in [-0.15, -0.1) is 0 Å². The molecule has 19 heavy (non-hydrogen) atoms. The molecule has 0 radical (unpaired) electrons. The monoisotopic (exact) mass is 262 g/mol. The third-order valence-corrected chi connectivity index (χ3v) is 3.75. The summed E-state index contributed by atoms with van der Waals surface area (Å²) in [5.74, 6) is 1.34. The quantitative estimate of drug-likeness (QED) is 0.806. The first-order valence-corrected chi connectivity index (χ1v) is 6.51. The highest BCUT2D eigenvalue weighted by atomic mass is 16.1. The second-order valence-electron chi connectivity index (χ2n) is 5.31. The van der Waals surface area contributed by atoms with Crippen molar-refractivity contribution in [2.24, 2.45) is 5.92 Å². The number of anilines is 1. The zero-order valence-electron chi connectivity index (χ0n) is 11.1. The van der Waals surface area contributed by atoms with Crippen molar-refractivity contribution in [1.29, 1.82) is 0 Å².